The molecule has 3 fully saturated rings. The lowest BCUT2D eigenvalue weighted by Crippen LogP contribution is -2.51. The Kier molecular flexibility index (Phi) is 4.12. The van der Waals surface area contributed by atoms with Gasteiger partial charge in [-0.2, -0.15) is 13.2 Å². The highest BCUT2D eigenvalue weighted by molar-refractivity contribution is 5.80. The van der Waals surface area contributed by atoms with E-state index >= 15 is 0 Å². The summed E-state index contributed by atoms with van der Waals surface area (Å²) in [5.74, 6) is 2.35. The molecule has 2 aliphatic carbocycles. The third kappa shape index (κ3) is 3.20. The van der Waals surface area contributed by atoms with Crippen LogP contribution in [0.25, 0.3) is 0 Å². The van der Waals surface area contributed by atoms with E-state index in [0.29, 0.717) is 37.9 Å². The standard InChI is InChI=1S/C18H22F3N3O/c19-18(20,21)14-3-4-16(22-11-14)23-5-7-24(8-6-23)17(25)15-10-12-1-2-13(15)9-12/h3-4,11-13,15H,1-2,5-10H2. The molecule has 3 atom stereocenters. The maximum atomic E-state index is 12.8. The Balaban J connectivity index is 1.34. The Hall–Kier alpha value is -1.79. The van der Waals surface area contributed by atoms with E-state index in [1.807, 2.05) is 9.80 Å². The van der Waals surface area contributed by atoms with Gasteiger partial charge in [-0.25, -0.2) is 4.98 Å². The molecule has 0 radical (unpaired) electrons. The Morgan fingerprint density at radius 3 is 2.36 bits per heavy atom. The van der Waals surface area contributed by atoms with Crippen LogP contribution < -0.4 is 4.90 Å². The number of fused-ring (bicyclic) bond motifs is 2. The summed E-state index contributed by atoms with van der Waals surface area (Å²) in [5, 5.41) is 0. The number of halogens is 3. The normalized spacial score (nSPS) is 29.3. The molecule has 1 aromatic heterocycles. The lowest BCUT2D eigenvalue weighted by atomic mass is 9.87. The molecule has 4 rings (SSSR count). The molecule has 1 amide bonds. The van der Waals surface area contributed by atoms with Crippen LogP contribution in [0.1, 0.15) is 31.2 Å². The van der Waals surface area contributed by atoms with E-state index in [0.717, 1.165) is 24.6 Å². The summed E-state index contributed by atoms with van der Waals surface area (Å²) in [6, 6.07) is 2.48. The van der Waals surface area contributed by atoms with E-state index in [-0.39, 0.29) is 11.8 Å². The minimum atomic E-state index is -4.36. The zero-order chi connectivity index (χ0) is 17.6. The topological polar surface area (TPSA) is 36.4 Å². The molecule has 3 unspecified atom stereocenters. The quantitative estimate of drug-likeness (QED) is 0.819. The van der Waals surface area contributed by atoms with Gasteiger partial charge in [-0.05, 0) is 43.2 Å². The molecule has 136 valence electrons. The SMILES string of the molecule is O=C(C1CC2CCC1C2)N1CCN(c2ccc(C(F)(F)F)cn2)CC1. The van der Waals surface area contributed by atoms with Crippen LogP contribution in [0.5, 0.6) is 0 Å². The fourth-order valence-corrected chi connectivity index (χ4v) is 4.68. The first kappa shape index (κ1) is 16.7. The van der Waals surface area contributed by atoms with Crippen molar-refractivity contribution >= 4 is 11.7 Å². The van der Waals surface area contributed by atoms with Crippen LogP contribution in [0.4, 0.5) is 19.0 Å². The Morgan fingerprint density at radius 1 is 1.08 bits per heavy atom. The molecule has 2 saturated carbocycles. The van der Waals surface area contributed by atoms with E-state index < -0.39 is 11.7 Å². The summed E-state index contributed by atoms with van der Waals surface area (Å²) >= 11 is 0. The summed E-state index contributed by atoms with van der Waals surface area (Å²) in [6.07, 6.45) is 1.24. The number of carbonyl (C=O) groups is 1. The number of carbonyl (C=O) groups excluding carboxylic acids is 1. The number of aromatic nitrogens is 1. The number of alkyl halides is 3. The second kappa shape index (κ2) is 6.18. The first-order valence-electron chi connectivity index (χ1n) is 8.99. The average Bonchev–Trinajstić information content (AvgIpc) is 3.24. The summed E-state index contributed by atoms with van der Waals surface area (Å²) < 4.78 is 37.8. The molecule has 1 aliphatic heterocycles. The maximum absolute atomic E-state index is 12.8. The van der Waals surface area contributed by atoms with Crippen LogP contribution >= 0.6 is 0 Å². The van der Waals surface area contributed by atoms with Crippen molar-refractivity contribution in [3.8, 4) is 0 Å². The number of piperazine rings is 1. The number of hydrogen-bond acceptors (Lipinski definition) is 3. The smallest absolute Gasteiger partial charge is 0.353 e. The Bertz CT molecular complexity index is 638. The second-order valence-electron chi connectivity index (χ2n) is 7.50. The number of anilines is 1. The Morgan fingerprint density at radius 2 is 1.84 bits per heavy atom. The van der Waals surface area contributed by atoms with Gasteiger partial charge >= 0.3 is 6.18 Å². The van der Waals surface area contributed by atoms with Crippen molar-refractivity contribution in [3.05, 3.63) is 23.9 Å². The van der Waals surface area contributed by atoms with Crippen molar-refractivity contribution in [2.75, 3.05) is 31.1 Å². The van der Waals surface area contributed by atoms with Crippen molar-refractivity contribution in [1.82, 2.24) is 9.88 Å². The number of pyridine rings is 1. The highest BCUT2D eigenvalue weighted by Gasteiger charge is 2.44. The lowest BCUT2D eigenvalue weighted by molar-refractivity contribution is -0.138. The van der Waals surface area contributed by atoms with E-state index in [2.05, 4.69) is 4.98 Å². The third-order valence-electron chi connectivity index (χ3n) is 6.05. The first-order valence-corrected chi connectivity index (χ1v) is 8.99. The molecular weight excluding hydrogens is 331 g/mol. The Labute approximate surface area is 145 Å². The van der Waals surface area contributed by atoms with Crippen LogP contribution in [0.2, 0.25) is 0 Å². The van der Waals surface area contributed by atoms with Crippen molar-refractivity contribution in [2.45, 2.75) is 31.9 Å². The molecule has 4 nitrogen and oxygen atoms in total. The van der Waals surface area contributed by atoms with Gasteiger partial charge in [0.15, 0.2) is 0 Å². The maximum Gasteiger partial charge on any atom is 0.417 e. The molecule has 2 heterocycles. The van der Waals surface area contributed by atoms with Crippen molar-refractivity contribution < 1.29 is 18.0 Å². The van der Waals surface area contributed by atoms with Crippen LogP contribution in [0, 0.1) is 17.8 Å². The fourth-order valence-electron chi connectivity index (χ4n) is 4.68. The largest absolute Gasteiger partial charge is 0.417 e. The number of nitrogens with zero attached hydrogens (tertiary/aromatic N) is 3. The van der Waals surface area contributed by atoms with Crippen LogP contribution in [0.15, 0.2) is 18.3 Å². The van der Waals surface area contributed by atoms with Gasteiger partial charge in [0.2, 0.25) is 5.91 Å². The van der Waals surface area contributed by atoms with Crippen molar-refractivity contribution in [2.24, 2.45) is 17.8 Å². The van der Waals surface area contributed by atoms with Gasteiger partial charge in [0.25, 0.3) is 0 Å². The summed E-state index contributed by atoms with van der Waals surface area (Å²) in [6.45, 7) is 2.47. The molecule has 1 saturated heterocycles. The molecule has 0 spiro atoms. The van der Waals surface area contributed by atoms with E-state index in [1.54, 1.807) is 0 Å². The molecule has 0 aromatic carbocycles. The fraction of sp³-hybridized carbons (Fsp3) is 0.667. The molecule has 7 heteroatoms. The van der Waals surface area contributed by atoms with Gasteiger partial charge < -0.3 is 9.80 Å². The summed E-state index contributed by atoms with van der Waals surface area (Å²) in [7, 11) is 0. The molecule has 2 bridgehead atoms. The minimum Gasteiger partial charge on any atom is -0.353 e. The van der Waals surface area contributed by atoms with Crippen LogP contribution in [0.3, 0.4) is 0 Å². The van der Waals surface area contributed by atoms with E-state index in [9.17, 15) is 18.0 Å². The lowest BCUT2D eigenvalue weighted by Gasteiger charge is -2.37. The van der Waals surface area contributed by atoms with Crippen LogP contribution in [-0.2, 0) is 11.0 Å². The predicted molar refractivity (Wildman–Crippen MR) is 87.0 cm³/mol. The van der Waals surface area contributed by atoms with Crippen LogP contribution in [-0.4, -0.2) is 42.0 Å². The average molecular weight is 353 g/mol. The molecule has 25 heavy (non-hydrogen) atoms. The first-order chi connectivity index (χ1) is 11.9. The van der Waals surface area contributed by atoms with Gasteiger partial charge in [-0.15, -0.1) is 0 Å². The molecular formula is C18H22F3N3O. The van der Waals surface area contributed by atoms with Gasteiger partial charge in [0.05, 0.1) is 5.56 Å². The number of amides is 1. The molecule has 3 aliphatic rings. The summed E-state index contributed by atoms with van der Waals surface area (Å²) in [5.41, 5.74) is -0.735. The molecule has 0 N–H and O–H groups in total. The highest BCUT2D eigenvalue weighted by Crippen LogP contribution is 2.48. The zero-order valence-corrected chi connectivity index (χ0v) is 14.0. The van der Waals surface area contributed by atoms with E-state index in [1.165, 1.54) is 25.3 Å². The third-order valence-corrected chi connectivity index (χ3v) is 6.05. The van der Waals surface area contributed by atoms with Crippen molar-refractivity contribution in [3.63, 3.8) is 0 Å². The monoisotopic (exact) mass is 353 g/mol. The molecule has 1 aromatic rings. The number of rotatable bonds is 2. The van der Waals surface area contributed by atoms with Gasteiger partial charge in [-0.1, -0.05) is 6.42 Å². The predicted octanol–water partition coefficient (Wildman–Crippen LogP) is 3.19. The summed E-state index contributed by atoms with van der Waals surface area (Å²) in [4.78, 5) is 20.6. The minimum absolute atomic E-state index is 0.203. The van der Waals surface area contributed by atoms with Gasteiger partial charge in [-0.3, -0.25) is 4.79 Å². The highest BCUT2D eigenvalue weighted by atomic mass is 19.4. The van der Waals surface area contributed by atoms with Gasteiger partial charge in [0, 0.05) is 38.3 Å². The zero-order valence-electron chi connectivity index (χ0n) is 14.0. The van der Waals surface area contributed by atoms with Crippen molar-refractivity contribution in [1.29, 1.82) is 0 Å². The second-order valence-corrected chi connectivity index (χ2v) is 7.50. The number of hydrogen-bond donors (Lipinski definition) is 0. The van der Waals surface area contributed by atoms with E-state index in [4.69, 9.17) is 0 Å². The van der Waals surface area contributed by atoms with Gasteiger partial charge in [0.1, 0.15) is 5.82 Å².